The fraction of sp³-hybridized carbons (Fsp3) is 0.600. The van der Waals surface area contributed by atoms with Crippen molar-refractivity contribution in [3.8, 4) is 0 Å². The minimum absolute atomic E-state index is 0.128. The number of aryl methyl sites for hydroxylation is 1. The van der Waals surface area contributed by atoms with Gasteiger partial charge in [-0.2, -0.15) is 0 Å². The molecule has 0 saturated heterocycles. The van der Waals surface area contributed by atoms with E-state index in [1.165, 1.54) is 0 Å². The summed E-state index contributed by atoms with van der Waals surface area (Å²) in [4.78, 5) is 2.56. The lowest BCUT2D eigenvalue weighted by molar-refractivity contribution is 0.455. The first kappa shape index (κ1) is 7.56. The van der Waals surface area contributed by atoms with E-state index in [1.807, 2.05) is 6.92 Å². The lowest BCUT2D eigenvalue weighted by Gasteiger charge is -1.81. The van der Waals surface area contributed by atoms with E-state index in [4.69, 9.17) is 9.95 Å². The van der Waals surface area contributed by atoms with Gasteiger partial charge in [0, 0.05) is 11.3 Å². The van der Waals surface area contributed by atoms with Crippen molar-refractivity contribution in [1.29, 1.82) is 0 Å². The second kappa shape index (κ2) is 3.58. The third-order valence-electron chi connectivity index (χ3n) is 1.08. The number of hydrogen-bond donors (Lipinski definition) is 0. The zero-order valence-corrected chi connectivity index (χ0v) is 6.06. The first-order chi connectivity index (χ1) is 5.36. The van der Waals surface area contributed by atoms with Crippen molar-refractivity contribution in [2.75, 3.05) is 0 Å². The van der Waals surface area contributed by atoms with Crippen LogP contribution in [0.25, 0.3) is 10.4 Å². The molecule has 6 heteroatoms. The lowest BCUT2D eigenvalue weighted by atomic mass is 10.5. The molecule has 6 nitrogen and oxygen atoms in total. The van der Waals surface area contributed by atoms with Crippen LogP contribution in [0, 0.1) is 0 Å². The van der Waals surface area contributed by atoms with E-state index in [2.05, 4.69) is 20.2 Å². The van der Waals surface area contributed by atoms with E-state index in [1.54, 1.807) is 0 Å². The molecule has 1 rings (SSSR count). The van der Waals surface area contributed by atoms with Gasteiger partial charge in [0.25, 0.3) is 0 Å². The highest BCUT2D eigenvalue weighted by molar-refractivity contribution is 4.80. The summed E-state index contributed by atoms with van der Waals surface area (Å²) in [5.41, 5.74) is 7.96. The molecule has 0 atom stereocenters. The topological polar surface area (TPSA) is 87.7 Å². The average Bonchev–Trinajstić information content (AvgIpc) is 2.48. The fourth-order valence-corrected chi connectivity index (χ4v) is 0.587. The molecule has 58 valence electrons. The summed E-state index contributed by atoms with van der Waals surface area (Å²) in [6.07, 6.45) is 0.698. The molecule has 0 unspecified atom stereocenters. The molecular formula is C5H7N5O. The minimum atomic E-state index is 0.128. The van der Waals surface area contributed by atoms with Gasteiger partial charge in [-0.3, -0.25) is 0 Å². The number of rotatable bonds is 3. The third-order valence-corrected chi connectivity index (χ3v) is 1.08. The summed E-state index contributed by atoms with van der Waals surface area (Å²) in [6.45, 7) is 2.04. The molecule has 0 saturated carbocycles. The van der Waals surface area contributed by atoms with Crippen molar-refractivity contribution in [3.63, 3.8) is 0 Å². The van der Waals surface area contributed by atoms with Crippen LogP contribution >= 0.6 is 0 Å². The van der Waals surface area contributed by atoms with Crippen LogP contribution in [-0.2, 0) is 13.0 Å². The number of azide groups is 1. The predicted molar refractivity (Wildman–Crippen MR) is 36.5 cm³/mol. The van der Waals surface area contributed by atoms with Gasteiger partial charge in [-0.1, -0.05) is 12.0 Å². The van der Waals surface area contributed by atoms with E-state index >= 15 is 0 Å². The van der Waals surface area contributed by atoms with Crippen LogP contribution in [0.5, 0.6) is 0 Å². The van der Waals surface area contributed by atoms with Crippen LogP contribution in [0.15, 0.2) is 9.53 Å². The molecule has 1 aromatic rings. The Bertz CT molecular complexity index is 274. The summed E-state index contributed by atoms with van der Waals surface area (Å²) in [5.74, 6) is 0.924. The highest BCUT2D eigenvalue weighted by Crippen LogP contribution is 2.01. The Labute approximate surface area is 62.9 Å². The van der Waals surface area contributed by atoms with E-state index in [0.29, 0.717) is 18.2 Å². The summed E-state index contributed by atoms with van der Waals surface area (Å²) in [6, 6.07) is 0. The van der Waals surface area contributed by atoms with Crippen LogP contribution in [0.3, 0.4) is 0 Å². The Hall–Kier alpha value is -1.55. The molecule has 0 fully saturated rings. The maximum atomic E-state index is 7.96. The quantitative estimate of drug-likeness (QED) is 0.374. The van der Waals surface area contributed by atoms with Gasteiger partial charge in [0.05, 0.1) is 0 Å². The molecule has 0 N–H and O–H groups in total. The van der Waals surface area contributed by atoms with Crippen LogP contribution in [-0.4, -0.2) is 10.2 Å². The van der Waals surface area contributed by atoms with Gasteiger partial charge in [-0.15, -0.1) is 10.2 Å². The van der Waals surface area contributed by atoms with Crippen LogP contribution < -0.4 is 0 Å². The van der Waals surface area contributed by atoms with Crippen molar-refractivity contribution in [2.24, 2.45) is 5.11 Å². The van der Waals surface area contributed by atoms with Gasteiger partial charge in [0.1, 0.15) is 6.54 Å². The Morgan fingerprint density at radius 3 is 2.82 bits per heavy atom. The number of aromatic nitrogens is 2. The SMILES string of the molecule is CCc1nnc(CN=[N+]=[N-])o1. The zero-order chi connectivity index (χ0) is 8.10. The molecule has 1 aromatic heterocycles. The zero-order valence-electron chi connectivity index (χ0n) is 6.06. The monoisotopic (exact) mass is 153 g/mol. The normalized spacial score (nSPS) is 9.18. The smallest absolute Gasteiger partial charge is 0.222 e. The molecule has 0 amide bonds. The van der Waals surface area contributed by atoms with Gasteiger partial charge in [-0.05, 0) is 5.53 Å². The lowest BCUT2D eigenvalue weighted by Crippen LogP contribution is -1.78. The second-order valence-corrected chi connectivity index (χ2v) is 1.83. The molecule has 0 aliphatic carbocycles. The van der Waals surface area contributed by atoms with E-state index < -0.39 is 0 Å². The van der Waals surface area contributed by atoms with E-state index in [0.717, 1.165) is 0 Å². The molecule has 0 spiro atoms. The number of nitrogens with zero attached hydrogens (tertiary/aromatic N) is 5. The van der Waals surface area contributed by atoms with Crippen molar-refractivity contribution >= 4 is 0 Å². The van der Waals surface area contributed by atoms with Crippen molar-refractivity contribution in [1.82, 2.24) is 10.2 Å². The van der Waals surface area contributed by atoms with Crippen molar-refractivity contribution < 1.29 is 4.42 Å². The van der Waals surface area contributed by atoms with Gasteiger partial charge in [-0.25, -0.2) is 0 Å². The summed E-state index contributed by atoms with van der Waals surface area (Å²) < 4.78 is 5.05. The van der Waals surface area contributed by atoms with Gasteiger partial charge < -0.3 is 4.42 Å². The standard InChI is InChI=1S/C5H7N5O/c1-2-4-8-9-5(11-4)3-7-10-6/h2-3H2,1H3. The maximum Gasteiger partial charge on any atom is 0.222 e. The van der Waals surface area contributed by atoms with Crippen LogP contribution in [0.2, 0.25) is 0 Å². The molecule has 0 aliphatic rings. The highest BCUT2D eigenvalue weighted by atomic mass is 16.4. The van der Waals surface area contributed by atoms with Crippen LogP contribution in [0.1, 0.15) is 18.7 Å². The van der Waals surface area contributed by atoms with Crippen molar-refractivity contribution in [3.05, 3.63) is 22.2 Å². The largest absolute Gasteiger partial charge is 0.425 e. The molecule has 11 heavy (non-hydrogen) atoms. The van der Waals surface area contributed by atoms with Gasteiger partial charge in [0.2, 0.25) is 11.8 Å². The first-order valence-corrected chi connectivity index (χ1v) is 3.19. The highest BCUT2D eigenvalue weighted by Gasteiger charge is 2.00. The average molecular weight is 153 g/mol. The molecule has 0 bridgehead atoms. The first-order valence-electron chi connectivity index (χ1n) is 3.19. The molecule has 0 aliphatic heterocycles. The summed E-state index contributed by atoms with van der Waals surface area (Å²) in [7, 11) is 0. The molecule has 0 aromatic carbocycles. The molecule has 0 radical (unpaired) electrons. The number of hydrogen-bond acceptors (Lipinski definition) is 4. The third kappa shape index (κ3) is 1.94. The Morgan fingerprint density at radius 1 is 1.55 bits per heavy atom. The van der Waals surface area contributed by atoms with E-state index in [9.17, 15) is 0 Å². The van der Waals surface area contributed by atoms with Gasteiger partial charge >= 0.3 is 0 Å². The summed E-state index contributed by atoms with van der Waals surface area (Å²) in [5, 5.41) is 10.6. The Kier molecular flexibility index (Phi) is 2.46. The minimum Gasteiger partial charge on any atom is -0.425 e. The fourth-order valence-electron chi connectivity index (χ4n) is 0.587. The maximum absolute atomic E-state index is 7.96. The second-order valence-electron chi connectivity index (χ2n) is 1.83. The van der Waals surface area contributed by atoms with Crippen molar-refractivity contribution in [2.45, 2.75) is 19.9 Å². The molecular weight excluding hydrogens is 146 g/mol. The summed E-state index contributed by atoms with van der Waals surface area (Å²) >= 11 is 0. The molecule has 1 heterocycles. The predicted octanol–water partition coefficient (Wildman–Crippen LogP) is 1.44. The Balaban J connectivity index is 2.64. The van der Waals surface area contributed by atoms with E-state index in [-0.39, 0.29) is 6.54 Å². The Morgan fingerprint density at radius 2 is 2.27 bits per heavy atom. The van der Waals surface area contributed by atoms with Gasteiger partial charge in [0.15, 0.2) is 0 Å². The van der Waals surface area contributed by atoms with Crippen LogP contribution in [0.4, 0.5) is 0 Å².